The molecular weight excluding hydrogens is 238 g/mol. The molecule has 0 radical (unpaired) electrons. The lowest BCUT2D eigenvalue weighted by atomic mass is 10.0. The van der Waals surface area contributed by atoms with E-state index in [1.54, 1.807) is 13.8 Å². The van der Waals surface area contributed by atoms with Crippen LogP contribution in [0.3, 0.4) is 0 Å². The van der Waals surface area contributed by atoms with Gasteiger partial charge in [-0.05, 0) is 40.5 Å². The van der Waals surface area contributed by atoms with Gasteiger partial charge in [-0.1, -0.05) is 13.8 Å². The first-order valence-corrected chi connectivity index (χ1v) is 6.38. The van der Waals surface area contributed by atoms with Gasteiger partial charge in [0.2, 0.25) is 0 Å². The number of nitrogens with zero attached hydrogens (tertiary/aromatic N) is 5. The quantitative estimate of drug-likeness (QED) is 0.715. The van der Waals surface area contributed by atoms with Crippen LogP contribution in [0.5, 0.6) is 0 Å². The molecule has 0 aromatic carbocycles. The summed E-state index contributed by atoms with van der Waals surface area (Å²) in [6, 6.07) is 6.19. The summed E-state index contributed by atoms with van der Waals surface area (Å²) in [6.45, 7) is 10.9. The van der Waals surface area contributed by atoms with Crippen LogP contribution in [0, 0.1) is 39.9 Å². The molecule has 0 saturated carbocycles. The van der Waals surface area contributed by atoms with Crippen molar-refractivity contribution in [2.24, 2.45) is 16.1 Å². The highest BCUT2D eigenvalue weighted by atomic mass is 15.2. The van der Waals surface area contributed by atoms with E-state index in [0.29, 0.717) is 12.8 Å². The van der Waals surface area contributed by atoms with Gasteiger partial charge in [-0.15, -0.1) is 0 Å². The third kappa shape index (κ3) is 8.75. The minimum absolute atomic E-state index is 0.190. The topological polar surface area (TPSA) is 96.1 Å². The molecule has 2 atom stereocenters. The zero-order chi connectivity index (χ0) is 15.5. The van der Waals surface area contributed by atoms with Crippen LogP contribution in [-0.2, 0) is 0 Å². The molecule has 0 rings (SSSR count). The van der Waals surface area contributed by atoms with Crippen molar-refractivity contribution < 1.29 is 0 Å². The van der Waals surface area contributed by atoms with Crippen molar-refractivity contribution in [1.29, 1.82) is 15.8 Å². The maximum absolute atomic E-state index is 8.84. The standard InChI is InChI=1S/C10H16N4.C4H7N/c1-5-9(3,7-11)13-14-10(4,6-2)8-12;1-4(2)3-5/h5-6H2,1-4H3;4H,1-2H3/b14-13+;. The molecule has 0 fully saturated rings. The summed E-state index contributed by atoms with van der Waals surface area (Å²) in [5.74, 6) is 0.190. The Labute approximate surface area is 116 Å². The first kappa shape index (κ1) is 19.4. The summed E-state index contributed by atoms with van der Waals surface area (Å²) in [6.07, 6.45) is 1.19. The number of hydrogen-bond acceptors (Lipinski definition) is 5. The Morgan fingerprint density at radius 3 is 1.26 bits per heavy atom. The van der Waals surface area contributed by atoms with Gasteiger partial charge in [0.15, 0.2) is 11.1 Å². The Hall–Kier alpha value is -1.93. The lowest BCUT2D eigenvalue weighted by Gasteiger charge is -2.16. The predicted molar refractivity (Wildman–Crippen MR) is 73.9 cm³/mol. The second-order valence-corrected chi connectivity index (χ2v) is 4.96. The van der Waals surface area contributed by atoms with Gasteiger partial charge in [-0.2, -0.15) is 26.0 Å². The van der Waals surface area contributed by atoms with Crippen molar-refractivity contribution >= 4 is 0 Å². The summed E-state index contributed by atoms with van der Waals surface area (Å²) >= 11 is 0. The minimum Gasteiger partial charge on any atom is -0.198 e. The Morgan fingerprint density at radius 1 is 0.895 bits per heavy atom. The molecule has 0 aromatic heterocycles. The maximum Gasteiger partial charge on any atom is 0.164 e. The van der Waals surface area contributed by atoms with Gasteiger partial charge in [0, 0.05) is 5.92 Å². The molecule has 0 aliphatic carbocycles. The van der Waals surface area contributed by atoms with Crippen LogP contribution in [0.1, 0.15) is 54.4 Å². The number of nitriles is 3. The predicted octanol–water partition coefficient (Wildman–Crippen LogP) is 3.99. The molecule has 0 aliphatic heterocycles. The average molecular weight is 261 g/mol. The molecule has 19 heavy (non-hydrogen) atoms. The van der Waals surface area contributed by atoms with E-state index in [1.807, 2.05) is 33.8 Å². The van der Waals surface area contributed by atoms with Crippen molar-refractivity contribution in [2.45, 2.75) is 65.5 Å². The van der Waals surface area contributed by atoms with Crippen LogP contribution in [-0.4, -0.2) is 11.1 Å². The fourth-order valence-corrected chi connectivity index (χ4v) is 0.565. The molecule has 2 unspecified atom stereocenters. The first-order chi connectivity index (χ1) is 8.72. The summed E-state index contributed by atoms with van der Waals surface area (Å²) in [5.41, 5.74) is -1.60. The SMILES string of the molecule is CC(C)C#N.CCC(C)(C#N)/N=N/C(C)(C#N)CC. The fourth-order valence-electron chi connectivity index (χ4n) is 0.565. The molecule has 0 amide bonds. The van der Waals surface area contributed by atoms with Crippen molar-refractivity contribution in [3.63, 3.8) is 0 Å². The molecule has 0 aromatic rings. The van der Waals surface area contributed by atoms with Crippen LogP contribution in [0.15, 0.2) is 10.2 Å². The second kappa shape index (κ2) is 9.06. The van der Waals surface area contributed by atoms with E-state index in [-0.39, 0.29) is 5.92 Å². The van der Waals surface area contributed by atoms with Gasteiger partial charge in [-0.25, -0.2) is 0 Å². The van der Waals surface area contributed by atoms with Crippen LogP contribution in [0.25, 0.3) is 0 Å². The minimum atomic E-state index is -0.798. The molecule has 5 nitrogen and oxygen atoms in total. The van der Waals surface area contributed by atoms with Crippen LogP contribution in [0.4, 0.5) is 0 Å². The third-order valence-corrected chi connectivity index (χ3v) is 2.61. The summed E-state index contributed by atoms with van der Waals surface area (Å²) in [4.78, 5) is 0. The highest BCUT2D eigenvalue weighted by Crippen LogP contribution is 2.20. The Kier molecular flexibility index (Phi) is 9.26. The van der Waals surface area contributed by atoms with Crippen LogP contribution < -0.4 is 0 Å². The van der Waals surface area contributed by atoms with Crippen LogP contribution in [0.2, 0.25) is 0 Å². The lowest BCUT2D eigenvalue weighted by molar-refractivity contribution is 0.473. The zero-order valence-corrected chi connectivity index (χ0v) is 12.7. The van der Waals surface area contributed by atoms with Crippen molar-refractivity contribution in [1.82, 2.24) is 0 Å². The molecule has 0 saturated heterocycles. The van der Waals surface area contributed by atoms with Gasteiger partial charge >= 0.3 is 0 Å². The first-order valence-electron chi connectivity index (χ1n) is 6.38. The van der Waals surface area contributed by atoms with E-state index in [0.717, 1.165) is 0 Å². The van der Waals surface area contributed by atoms with Gasteiger partial charge < -0.3 is 0 Å². The van der Waals surface area contributed by atoms with E-state index >= 15 is 0 Å². The van der Waals surface area contributed by atoms with Crippen molar-refractivity contribution in [2.75, 3.05) is 0 Å². The maximum atomic E-state index is 8.84. The molecule has 0 aliphatic rings. The van der Waals surface area contributed by atoms with Gasteiger partial charge in [0.25, 0.3) is 0 Å². The highest BCUT2D eigenvalue weighted by molar-refractivity contribution is 5.06. The lowest BCUT2D eigenvalue weighted by Crippen LogP contribution is -2.22. The smallest absolute Gasteiger partial charge is 0.164 e. The Balaban J connectivity index is 0. The van der Waals surface area contributed by atoms with Crippen LogP contribution >= 0.6 is 0 Å². The molecule has 104 valence electrons. The summed E-state index contributed by atoms with van der Waals surface area (Å²) in [5, 5.41) is 33.5. The number of azo groups is 1. The van der Waals surface area contributed by atoms with Gasteiger partial charge in [0.1, 0.15) is 0 Å². The Morgan fingerprint density at radius 2 is 1.16 bits per heavy atom. The van der Waals surface area contributed by atoms with Gasteiger partial charge in [0.05, 0.1) is 18.2 Å². The normalized spacial score (nSPS) is 16.2. The van der Waals surface area contributed by atoms with Crippen molar-refractivity contribution in [3.8, 4) is 18.2 Å². The molecular formula is C14H23N5. The zero-order valence-electron chi connectivity index (χ0n) is 12.7. The Bertz CT molecular complexity index is 377. The summed E-state index contributed by atoms with van der Waals surface area (Å²) in [7, 11) is 0. The monoisotopic (exact) mass is 261 g/mol. The third-order valence-electron chi connectivity index (χ3n) is 2.61. The van der Waals surface area contributed by atoms with E-state index in [4.69, 9.17) is 15.8 Å². The highest BCUT2D eigenvalue weighted by Gasteiger charge is 2.25. The van der Waals surface area contributed by atoms with E-state index in [1.165, 1.54) is 0 Å². The molecule has 0 spiro atoms. The summed E-state index contributed by atoms with van der Waals surface area (Å²) < 4.78 is 0. The molecule has 5 heteroatoms. The number of hydrogen-bond donors (Lipinski definition) is 0. The molecule has 0 heterocycles. The fraction of sp³-hybridized carbons (Fsp3) is 0.786. The number of rotatable bonds is 4. The molecule has 0 N–H and O–H groups in total. The molecule has 0 bridgehead atoms. The second-order valence-electron chi connectivity index (χ2n) is 4.96. The van der Waals surface area contributed by atoms with Crippen molar-refractivity contribution in [3.05, 3.63) is 0 Å². The largest absolute Gasteiger partial charge is 0.198 e. The average Bonchev–Trinajstić information content (AvgIpc) is 2.44. The van der Waals surface area contributed by atoms with E-state index < -0.39 is 11.1 Å². The van der Waals surface area contributed by atoms with Gasteiger partial charge in [-0.3, -0.25) is 0 Å². The van der Waals surface area contributed by atoms with E-state index in [9.17, 15) is 0 Å². The van der Waals surface area contributed by atoms with E-state index in [2.05, 4.69) is 22.4 Å².